The molecule has 166 valence electrons. The number of amides is 1. The first-order chi connectivity index (χ1) is 14.6. The first-order valence-corrected chi connectivity index (χ1v) is 11.7. The molecular weight excluding hydrogens is 416 g/mol. The van der Waals surface area contributed by atoms with Crippen LogP contribution < -0.4 is 5.32 Å². The van der Waals surface area contributed by atoms with Crippen LogP contribution in [0.4, 0.5) is 5.69 Å². The second kappa shape index (κ2) is 9.20. The Morgan fingerprint density at radius 3 is 2.29 bits per heavy atom. The van der Waals surface area contributed by atoms with Crippen molar-refractivity contribution in [3.05, 3.63) is 59.7 Å². The van der Waals surface area contributed by atoms with Crippen LogP contribution in [0.2, 0.25) is 0 Å². The van der Waals surface area contributed by atoms with E-state index in [0.29, 0.717) is 24.3 Å². The molecule has 1 heterocycles. The maximum atomic E-state index is 12.7. The topological polar surface area (TPSA) is 92.8 Å². The van der Waals surface area contributed by atoms with Gasteiger partial charge in [0.1, 0.15) is 0 Å². The third kappa shape index (κ3) is 5.71. The van der Waals surface area contributed by atoms with E-state index in [1.807, 2.05) is 12.1 Å². The van der Waals surface area contributed by atoms with E-state index >= 15 is 0 Å². The molecular formula is C23H28N2O5S. The van der Waals surface area contributed by atoms with Crippen LogP contribution in [0.5, 0.6) is 0 Å². The van der Waals surface area contributed by atoms with Crippen LogP contribution in [0, 0.1) is 0 Å². The SMILES string of the molecule is CC(C)(C)c1ccc(C(=O)OCC(=O)Nc2cccc(S(=O)(=O)N3CCCC3)c2)cc1. The largest absolute Gasteiger partial charge is 0.452 e. The standard InChI is InChI=1S/C23H28N2O5S/c1-23(2,3)18-11-9-17(10-12-18)22(27)30-16-21(26)24-19-7-6-8-20(15-19)31(28,29)25-13-4-5-14-25/h6-12,15H,4-5,13-14,16H2,1-3H3,(H,24,26). The zero-order valence-electron chi connectivity index (χ0n) is 18.1. The van der Waals surface area contributed by atoms with Gasteiger partial charge < -0.3 is 10.1 Å². The van der Waals surface area contributed by atoms with Gasteiger partial charge in [-0.25, -0.2) is 13.2 Å². The summed E-state index contributed by atoms with van der Waals surface area (Å²) >= 11 is 0. The number of sulfonamides is 1. The lowest BCUT2D eigenvalue weighted by molar-refractivity contribution is -0.119. The van der Waals surface area contributed by atoms with Gasteiger partial charge in [0.05, 0.1) is 10.5 Å². The number of anilines is 1. The molecule has 1 amide bonds. The van der Waals surface area contributed by atoms with Gasteiger partial charge in [0.2, 0.25) is 10.0 Å². The second-order valence-corrected chi connectivity index (χ2v) is 10.5. The number of nitrogens with zero attached hydrogens (tertiary/aromatic N) is 1. The third-order valence-electron chi connectivity index (χ3n) is 5.14. The van der Waals surface area contributed by atoms with Gasteiger partial charge in [-0.1, -0.05) is 39.0 Å². The van der Waals surface area contributed by atoms with Gasteiger partial charge in [0, 0.05) is 18.8 Å². The minimum absolute atomic E-state index is 0.0287. The lowest BCUT2D eigenvalue weighted by Gasteiger charge is -2.18. The van der Waals surface area contributed by atoms with Crippen molar-refractivity contribution in [2.45, 2.75) is 43.9 Å². The number of carbonyl (C=O) groups is 2. The maximum Gasteiger partial charge on any atom is 0.338 e. The molecule has 31 heavy (non-hydrogen) atoms. The zero-order valence-corrected chi connectivity index (χ0v) is 18.9. The summed E-state index contributed by atoms with van der Waals surface area (Å²) in [5, 5.41) is 2.58. The molecule has 1 aliphatic rings. The molecule has 2 aromatic carbocycles. The van der Waals surface area contributed by atoms with Crippen molar-refractivity contribution in [3.63, 3.8) is 0 Å². The first kappa shape index (κ1) is 23.0. The van der Waals surface area contributed by atoms with Crippen molar-refractivity contribution in [2.24, 2.45) is 0 Å². The van der Waals surface area contributed by atoms with Crippen LogP contribution in [-0.4, -0.2) is 44.3 Å². The fourth-order valence-corrected chi connectivity index (χ4v) is 4.89. The number of nitrogens with one attached hydrogen (secondary N) is 1. The summed E-state index contributed by atoms with van der Waals surface area (Å²) in [7, 11) is -3.58. The monoisotopic (exact) mass is 444 g/mol. The van der Waals surface area contributed by atoms with Crippen molar-refractivity contribution < 1.29 is 22.7 Å². The summed E-state index contributed by atoms with van der Waals surface area (Å²) in [6.07, 6.45) is 1.69. The van der Waals surface area contributed by atoms with Gasteiger partial charge in [0.15, 0.2) is 6.61 Å². The highest BCUT2D eigenvalue weighted by atomic mass is 32.2. The van der Waals surface area contributed by atoms with E-state index in [-0.39, 0.29) is 10.3 Å². The van der Waals surface area contributed by atoms with Gasteiger partial charge in [0.25, 0.3) is 5.91 Å². The van der Waals surface area contributed by atoms with Crippen LogP contribution in [0.1, 0.15) is 49.5 Å². The quantitative estimate of drug-likeness (QED) is 0.688. The summed E-state index contributed by atoms with van der Waals surface area (Å²) in [5.74, 6) is -1.14. The normalized spacial score (nSPS) is 14.9. The number of hydrogen-bond acceptors (Lipinski definition) is 5. The van der Waals surface area contributed by atoms with E-state index in [0.717, 1.165) is 18.4 Å². The Balaban J connectivity index is 1.58. The summed E-state index contributed by atoms with van der Waals surface area (Å²) in [6, 6.07) is 13.2. The molecule has 0 spiro atoms. The summed E-state index contributed by atoms with van der Waals surface area (Å²) in [6.45, 7) is 6.78. The minimum atomic E-state index is -3.58. The molecule has 0 radical (unpaired) electrons. The molecule has 0 aromatic heterocycles. The lowest BCUT2D eigenvalue weighted by Crippen LogP contribution is -2.28. The van der Waals surface area contributed by atoms with Gasteiger partial charge in [-0.15, -0.1) is 0 Å². The lowest BCUT2D eigenvalue weighted by atomic mass is 9.87. The fourth-order valence-electron chi connectivity index (χ4n) is 3.33. The van der Waals surface area contributed by atoms with E-state index in [4.69, 9.17) is 4.74 Å². The Labute approximate surface area is 183 Å². The van der Waals surface area contributed by atoms with E-state index < -0.39 is 28.5 Å². The smallest absolute Gasteiger partial charge is 0.338 e. The summed E-state index contributed by atoms with van der Waals surface area (Å²) in [4.78, 5) is 24.5. The van der Waals surface area contributed by atoms with Gasteiger partial charge >= 0.3 is 5.97 Å². The van der Waals surface area contributed by atoms with Crippen molar-refractivity contribution >= 4 is 27.6 Å². The van der Waals surface area contributed by atoms with Crippen molar-refractivity contribution in [1.29, 1.82) is 0 Å². The molecule has 0 unspecified atom stereocenters. The van der Waals surface area contributed by atoms with Crippen LogP contribution in [0.15, 0.2) is 53.4 Å². The molecule has 1 N–H and O–H groups in total. The number of ether oxygens (including phenoxy) is 1. The predicted molar refractivity (Wildman–Crippen MR) is 118 cm³/mol. The molecule has 2 aromatic rings. The average Bonchev–Trinajstić information content (AvgIpc) is 3.27. The van der Waals surface area contributed by atoms with E-state index in [1.54, 1.807) is 24.3 Å². The molecule has 7 nitrogen and oxygen atoms in total. The highest BCUT2D eigenvalue weighted by molar-refractivity contribution is 7.89. The molecule has 0 saturated carbocycles. The first-order valence-electron chi connectivity index (χ1n) is 10.2. The van der Waals surface area contributed by atoms with E-state index in [2.05, 4.69) is 26.1 Å². The maximum absolute atomic E-state index is 12.7. The Bertz CT molecular complexity index is 1050. The van der Waals surface area contributed by atoms with Crippen LogP contribution >= 0.6 is 0 Å². The number of esters is 1. The van der Waals surface area contributed by atoms with Crippen molar-refractivity contribution in [2.75, 3.05) is 25.0 Å². The van der Waals surface area contributed by atoms with Crippen LogP contribution in [0.25, 0.3) is 0 Å². The third-order valence-corrected chi connectivity index (χ3v) is 7.04. The van der Waals surface area contributed by atoms with E-state index in [9.17, 15) is 18.0 Å². The van der Waals surface area contributed by atoms with Crippen molar-refractivity contribution in [1.82, 2.24) is 4.31 Å². The van der Waals surface area contributed by atoms with Gasteiger partial charge in [-0.2, -0.15) is 4.31 Å². The summed E-state index contributed by atoms with van der Waals surface area (Å²) < 4.78 is 31.9. The molecule has 0 bridgehead atoms. The molecule has 0 atom stereocenters. The highest BCUT2D eigenvalue weighted by Crippen LogP contribution is 2.24. The fraction of sp³-hybridized carbons (Fsp3) is 0.391. The number of hydrogen-bond donors (Lipinski definition) is 1. The Morgan fingerprint density at radius 1 is 1.03 bits per heavy atom. The zero-order chi connectivity index (χ0) is 22.6. The van der Waals surface area contributed by atoms with Gasteiger partial charge in [-0.05, 0) is 54.2 Å². The Hall–Kier alpha value is -2.71. The number of carbonyl (C=O) groups excluding carboxylic acids is 2. The average molecular weight is 445 g/mol. The van der Waals surface area contributed by atoms with Gasteiger partial charge in [-0.3, -0.25) is 4.79 Å². The molecule has 3 rings (SSSR count). The van der Waals surface area contributed by atoms with Crippen LogP contribution in [0.3, 0.4) is 0 Å². The summed E-state index contributed by atoms with van der Waals surface area (Å²) in [5.41, 5.74) is 1.75. The minimum Gasteiger partial charge on any atom is -0.452 e. The van der Waals surface area contributed by atoms with E-state index in [1.165, 1.54) is 16.4 Å². The number of benzene rings is 2. The Kier molecular flexibility index (Phi) is 6.81. The predicted octanol–water partition coefficient (Wildman–Crippen LogP) is 3.56. The number of rotatable bonds is 6. The van der Waals surface area contributed by atoms with Crippen LogP contribution in [-0.2, 0) is 25.0 Å². The highest BCUT2D eigenvalue weighted by Gasteiger charge is 2.27. The second-order valence-electron chi connectivity index (χ2n) is 8.59. The molecule has 1 fully saturated rings. The van der Waals surface area contributed by atoms with Crippen molar-refractivity contribution in [3.8, 4) is 0 Å². The molecule has 1 aliphatic heterocycles. The molecule has 0 aliphatic carbocycles. The molecule has 1 saturated heterocycles. The molecule has 8 heteroatoms. The Morgan fingerprint density at radius 2 is 1.68 bits per heavy atom.